The van der Waals surface area contributed by atoms with Crippen LogP contribution >= 0.6 is 23.2 Å². The van der Waals surface area contributed by atoms with Gasteiger partial charge in [0.15, 0.2) is 12.1 Å². The third-order valence-electron chi connectivity index (χ3n) is 3.64. The van der Waals surface area contributed by atoms with Crippen LogP contribution in [0.5, 0.6) is 0 Å². The summed E-state index contributed by atoms with van der Waals surface area (Å²) in [6.07, 6.45) is 2.80. The van der Waals surface area contributed by atoms with Gasteiger partial charge in [-0.15, -0.1) is 0 Å². The lowest BCUT2D eigenvalue weighted by Crippen LogP contribution is -2.37. The van der Waals surface area contributed by atoms with Crippen molar-refractivity contribution in [2.45, 2.75) is 45.8 Å². The summed E-state index contributed by atoms with van der Waals surface area (Å²) in [5.74, 6) is 0.0270. The third-order valence-corrected chi connectivity index (χ3v) is 4.21. The van der Waals surface area contributed by atoms with Gasteiger partial charge in [-0.2, -0.15) is 0 Å². The topological polar surface area (TPSA) is 35.5 Å². The Morgan fingerprint density at radius 2 is 1.91 bits per heavy atom. The summed E-state index contributed by atoms with van der Waals surface area (Å²) < 4.78 is 11.3. The zero-order valence-corrected chi connectivity index (χ0v) is 14.5. The van der Waals surface area contributed by atoms with Gasteiger partial charge in [-0.3, -0.25) is 4.79 Å². The number of Topliss-reactive ketones (excluding diaryl/α,β-unsaturated/α-hetero) is 1. The molecule has 1 heterocycles. The Labute approximate surface area is 141 Å². The number of hydrogen-bond donors (Lipinski definition) is 0. The molecule has 0 amide bonds. The predicted octanol–water partition coefficient (Wildman–Crippen LogP) is 5.14. The van der Waals surface area contributed by atoms with Gasteiger partial charge in [-0.1, -0.05) is 37.0 Å². The summed E-state index contributed by atoms with van der Waals surface area (Å²) in [5.41, 5.74) is 0.594. The molecule has 0 radical (unpaired) electrons. The largest absolute Gasteiger partial charge is 0.352 e. The van der Waals surface area contributed by atoms with Gasteiger partial charge in [0.1, 0.15) is 0 Å². The van der Waals surface area contributed by atoms with E-state index in [1.165, 1.54) is 0 Å². The van der Waals surface area contributed by atoms with Crippen LogP contribution in [-0.4, -0.2) is 25.3 Å². The van der Waals surface area contributed by atoms with E-state index in [2.05, 4.69) is 13.8 Å². The number of halogens is 2. The number of benzene rings is 1. The number of carbonyl (C=O) groups excluding carboxylic acids is 1. The second-order valence-electron chi connectivity index (χ2n) is 6.51. The van der Waals surface area contributed by atoms with Gasteiger partial charge < -0.3 is 9.47 Å². The molecule has 2 rings (SSSR count). The zero-order chi connectivity index (χ0) is 16.2. The van der Waals surface area contributed by atoms with Gasteiger partial charge in [0.05, 0.1) is 18.2 Å². The Balaban J connectivity index is 1.71. The molecule has 1 aromatic carbocycles. The first-order valence-electron chi connectivity index (χ1n) is 7.59. The van der Waals surface area contributed by atoms with E-state index in [9.17, 15) is 4.79 Å². The van der Waals surface area contributed by atoms with Crippen LogP contribution < -0.4 is 0 Å². The van der Waals surface area contributed by atoms with Crippen LogP contribution in [-0.2, 0) is 9.47 Å². The molecule has 1 aliphatic heterocycles. The standard InChI is InChI=1S/C17H22Cl2O3/c1-17(2)10-21-16(22-11-17)6-4-3-5-15(20)13-9-12(18)7-8-14(13)19/h7-9,16H,3-6,10-11H2,1-2H3. The first-order chi connectivity index (χ1) is 10.4. The highest BCUT2D eigenvalue weighted by Gasteiger charge is 2.27. The highest BCUT2D eigenvalue weighted by Crippen LogP contribution is 2.26. The molecule has 22 heavy (non-hydrogen) atoms. The van der Waals surface area contributed by atoms with Gasteiger partial charge in [-0.25, -0.2) is 0 Å². The van der Waals surface area contributed by atoms with Crippen LogP contribution in [0.15, 0.2) is 18.2 Å². The molecule has 0 N–H and O–H groups in total. The minimum absolute atomic E-state index is 0.0270. The fourth-order valence-corrected chi connectivity index (χ4v) is 2.73. The molecule has 0 saturated carbocycles. The quantitative estimate of drug-likeness (QED) is 0.529. The van der Waals surface area contributed by atoms with Crippen molar-refractivity contribution >= 4 is 29.0 Å². The second kappa shape index (κ2) is 7.78. The molecular formula is C17H22Cl2O3. The highest BCUT2D eigenvalue weighted by atomic mass is 35.5. The van der Waals surface area contributed by atoms with E-state index in [0.717, 1.165) is 19.3 Å². The SMILES string of the molecule is CC1(C)COC(CCCCC(=O)c2cc(Cl)ccc2Cl)OC1. The molecule has 122 valence electrons. The Hall–Kier alpha value is -0.610. The van der Waals surface area contributed by atoms with Gasteiger partial charge in [0, 0.05) is 22.4 Å². The summed E-state index contributed by atoms with van der Waals surface area (Å²) in [4.78, 5) is 12.1. The fourth-order valence-electron chi connectivity index (χ4n) is 2.34. The molecule has 0 aromatic heterocycles. The first kappa shape index (κ1) is 17.7. The summed E-state index contributed by atoms with van der Waals surface area (Å²) in [5, 5.41) is 0.981. The molecule has 0 spiro atoms. The van der Waals surface area contributed by atoms with Crippen LogP contribution in [0.25, 0.3) is 0 Å². The predicted molar refractivity (Wildman–Crippen MR) is 88.7 cm³/mol. The lowest BCUT2D eigenvalue weighted by molar-refractivity contribution is -0.224. The number of carbonyl (C=O) groups is 1. The summed E-state index contributed by atoms with van der Waals surface area (Å²) in [6, 6.07) is 4.96. The number of rotatable bonds is 6. The van der Waals surface area contributed by atoms with Crippen LogP contribution in [0.2, 0.25) is 10.0 Å². The average Bonchev–Trinajstić information content (AvgIpc) is 2.47. The van der Waals surface area contributed by atoms with Crippen molar-refractivity contribution in [3.05, 3.63) is 33.8 Å². The lowest BCUT2D eigenvalue weighted by Gasteiger charge is -2.34. The lowest BCUT2D eigenvalue weighted by atomic mass is 9.95. The van der Waals surface area contributed by atoms with Crippen molar-refractivity contribution in [1.82, 2.24) is 0 Å². The minimum Gasteiger partial charge on any atom is -0.352 e. The summed E-state index contributed by atoms with van der Waals surface area (Å²) in [6.45, 7) is 5.68. The molecule has 1 aromatic rings. The Kier molecular flexibility index (Phi) is 6.27. The van der Waals surface area contributed by atoms with E-state index in [4.69, 9.17) is 32.7 Å². The minimum atomic E-state index is -0.141. The van der Waals surface area contributed by atoms with E-state index >= 15 is 0 Å². The summed E-state index contributed by atoms with van der Waals surface area (Å²) in [7, 11) is 0. The number of hydrogen-bond acceptors (Lipinski definition) is 3. The molecular weight excluding hydrogens is 323 g/mol. The van der Waals surface area contributed by atoms with Gasteiger partial charge >= 0.3 is 0 Å². The maximum absolute atomic E-state index is 12.1. The molecule has 5 heteroatoms. The van der Waals surface area contributed by atoms with Crippen LogP contribution in [0.3, 0.4) is 0 Å². The first-order valence-corrected chi connectivity index (χ1v) is 8.34. The Morgan fingerprint density at radius 3 is 2.59 bits per heavy atom. The van der Waals surface area contributed by atoms with Crippen LogP contribution in [0.4, 0.5) is 0 Å². The van der Waals surface area contributed by atoms with Crippen LogP contribution in [0.1, 0.15) is 49.9 Å². The maximum Gasteiger partial charge on any atom is 0.164 e. The van der Waals surface area contributed by atoms with Crippen molar-refractivity contribution in [2.24, 2.45) is 5.41 Å². The number of ether oxygens (including phenoxy) is 2. The average molecular weight is 345 g/mol. The van der Waals surface area contributed by atoms with Crippen molar-refractivity contribution in [3.8, 4) is 0 Å². The fraction of sp³-hybridized carbons (Fsp3) is 0.588. The van der Waals surface area contributed by atoms with E-state index in [1.807, 2.05) is 0 Å². The normalized spacial score (nSPS) is 18.4. The molecule has 1 saturated heterocycles. The van der Waals surface area contributed by atoms with E-state index < -0.39 is 0 Å². The second-order valence-corrected chi connectivity index (χ2v) is 7.35. The maximum atomic E-state index is 12.1. The summed E-state index contributed by atoms with van der Waals surface area (Å²) >= 11 is 11.9. The number of ketones is 1. The molecule has 3 nitrogen and oxygen atoms in total. The van der Waals surface area contributed by atoms with Gasteiger partial charge in [0.2, 0.25) is 0 Å². The van der Waals surface area contributed by atoms with Crippen molar-refractivity contribution < 1.29 is 14.3 Å². The van der Waals surface area contributed by atoms with E-state index in [1.54, 1.807) is 18.2 Å². The molecule has 0 bridgehead atoms. The monoisotopic (exact) mass is 344 g/mol. The molecule has 0 unspecified atom stereocenters. The highest BCUT2D eigenvalue weighted by molar-refractivity contribution is 6.35. The Morgan fingerprint density at radius 1 is 1.23 bits per heavy atom. The van der Waals surface area contributed by atoms with Gasteiger partial charge in [-0.05, 0) is 37.5 Å². The van der Waals surface area contributed by atoms with Crippen molar-refractivity contribution in [1.29, 1.82) is 0 Å². The Bertz CT molecular complexity index is 519. The third kappa shape index (κ3) is 5.24. The van der Waals surface area contributed by atoms with Gasteiger partial charge in [0.25, 0.3) is 0 Å². The van der Waals surface area contributed by atoms with Crippen LogP contribution in [0, 0.1) is 5.41 Å². The van der Waals surface area contributed by atoms with E-state index in [0.29, 0.717) is 35.2 Å². The van der Waals surface area contributed by atoms with E-state index in [-0.39, 0.29) is 17.5 Å². The zero-order valence-electron chi connectivity index (χ0n) is 13.0. The molecule has 0 aliphatic carbocycles. The molecule has 0 atom stereocenters. The smallest absolute Gasteiger partial charge is 0.164 e. The van der Waals surface area contributed by atoms with Crippen molar-refractivity contribution in [3.63, 3.8) is 0 Å². The molecule has 1 fully saturated rings. The molecule has 1 aliphatic rings. The number of unbranched alkanes of at least 4 members (excludes halogenated alkanes) is 1. The van der Waals surface area contributed by atoms with Crippen molar-refractivity contribution in [2.75, 3.05) is 13.2 Å².